The van der Waals surface area contributed by atoms with Crippen LogP contribution in [0.3, 0.4) is 0 Å². The lowest BCUT2D eigenvalue weighted by atomic mass is 10.1. The summed E-state index contributed by atoms with van der Waals surface area (Å²) >= 11 is 1.63. The van der Waals surface area contributed by atoms with Crippen LogP contribution in [0.25, 0.3) is 10.1 Å². The summed E-state index contributed by atoms with van der Waals surface area (Å²) in [4.78, 5) is 0.969. The molecule has 0 radical (unpaired) electrons. The molecule has 0 amide bonds. The predicted octanol–water partition coefficient (Wildman–Crippen LogP) is 4.16. The number of nitriles is 1. The van der Waals surface area contributed by atoms with Gasteiger partial charge in [-0.05, 0) is 42.1 Å². The molecule has 4 heteroatoms. The van der Waals surface area contributed by atoms with Gasteiger partial charge in [0.05, 0.1) is 11.6 Å². The molecule has 0 saturated heterocycles. The van der Waals surface area contributed by atoms with Crippen LogP contribution in [0.5, 0.6) is 0 Å². The van der Waals surface area contributed by atoms with Gasteiger partial charge in [-0.3, -0.25) is 0 Å². The number of rotatable bonds is 5. The lowest BCUT2D eigenvalue weighted by molar-refractivity contribution is 0.174. The maximum atomic E-state index is 10.4. The minimum absolute atomic E-state index is 0.0762. The Labute approximate surface area is 139 Å². The van der Waals surface area contributed by atoms with Crippen molar-refractivity contribution in [1.82, 2.24) is 5.32 Å². The first kappa shape index (κ1) is 15.7. The summed E-state index contributed by atoms with van der Waals surface area (Å²) in [6, 6.07) is 20.0. The molecule has 0 spiro atoms. The van der Waals surface area contributed by atoms with Crippen molar-refractivity contribution in [2.75, 3.05) is 6.54 Å². The first-order chi connectivity index (χ1) is 11.2. The van der Waals surface area contributed by atoms with Gasteiger partial charge in [-0.2, -0.15) is 5.26 Å². The van der Waals surface area contributed by atoms with E-state index in [4.69, 9.17) is 5.26 Å². The Morgan fingerprint density at radius 3 is 2.78 bits per heavy atom. The molecule has 23 heavy (non-hydrogen) atoms. The van der Waals surface area contributed by atoms with Crippen molar-refractivity contribution in [2.45, 2.75) is 19.1 Å². The van der Waals surface area contributed by atoms with E-state index in [2.05, 4.69) is 23.5 Å². The molecule has 1 aromatic heterocycles. The quantitative estimate of drug-likeness (QED) is 0.741. The molecule has 2 atom stereocenters. The number of fused-ring (bicyclic) bond motifs is 1. The second kappa shape index (κ2) is 6.93. The van der Waals surface area contributed by atoms with Crippen LogP contribution in [-0.4, -0.2) is 11.7 Å². The Balaban J connectivity index is 1.66. The van der Waals surface area contributed by atoms with Crippen molar-refractivity contribution in [1.29, 1.82) is 5.26 Å². The predicted molar refractivity (Wildman–Crippen MR) is 94.4 cm³/mol. The number of aliphatic hydroxyl groups is 1. The fourth-order valence-electron chi connectivity index (χ4n) is 2.55. The summed E-state index contributed by atoms with van der Waals surface area (Å²) in [5.41, 5.74) is 1.70. The molecule has 116 valence electrons. The number of thiophene rings is 1. The molecule has 3 aromatic rings. The molecule has 0 fully saturated rings. The van der Waals surface area contributed by atoms with E-state index in [9.17, 15) is 5.11 Å². The van der Waals surface area contributed by atoms with Gasteiger partial charge >= 0.3 is 0 Å². The van der Waals surface area contributed by atoms with Gasteiger partial charge < -0.3 is 10.4 Å². The lowest BCUT2D eigenvalue weighted by Gasteiger charge is -2.17. The van der Waals surface area contributed by atoms with Gasteiger partial charge in [0.15, 0.2) is 0 Å². The number of hydrogen-bond donors (Lipinski definition) is 2. The van der Waals surface area contributed by atoms with E-state index >= 15 is 0 Å². The summed E-state index contributed by atoms with van der Waals surface area (Å²) in [6.07, 6.45) is -0.533. The Morgan fingerprint density at radius 2 is 2.00 bits per heavy atom. The Hall–Kier alpha value is -2.19. The molecule has 0 aliphatic heterocycles. The normalized spacial score (nSPS) is 13.6. The highest BCUT2D eigenvalue weighted by molar-refractivity contribution is 7.19. The van der Waals surface area contributed by atoms with E-state index in [0.29, 0.717) is 12.1 Å². The smallest absolute Gasteiger partial charge is 0.101 e. The highest BCUT2D eigenvalue weighted by Crippen LogP contribution is 2.29. The molecule has 3 nitrogen and oxygen atoms in total. The topological polar surface area (TPSA) is 56.0 Å². The molecule has 0 aliphatic rings. The third-order valence-electron chi connectivity index (χ3n) is 3.91. The number of nitrogens with one attached hydrogen (secondary N) is 1. The first-order valence-electron chi connectivity index (χ1n) is 7.57. The zero-order valence-corrected chi connectivity index (χ0v) is 13.7. The molecular formula is C19H18N2OS. The minimum Gasteiger partial charge on any atom is -0.386 e. The molecule has 2 unspecified atom stereocenters. The zero-order chi connectivity index (χ0) is 16.2. The minimum atomic E-state index is -0.533. The van der Waals surface area contributed by atoms with Crippen LogP contribution in [0.1, 0.15) is 35.1 Å². The molecule has 0 bridgehead atoms. The first-order valence-corrected chi connectivity index (χ1v) is 8.39. The number of nitrogens with zero attached hydrogens (tertiary/aromatic N) is 1. The van der Waals surface area contributed by atoms with Crippen molar-refractivity contribution < 1.29 is 5.11 Å². The monoisotopic (exact) mass is 322 g/mol. The molecule has 2 aromatic carbocycles. The number of benzene rings is 2. The Kier molecular flexibility index (Phi) is 4.73. The van der Waals surface area contributed by atoms with E-state index in [1.807, 2.05) is 43.3 Å². The average molecular weight is 322 g/mol. The van der Waals surface area contributed by atoms with Crippen LogP contribution < -0.4 is 5.32 Å². The fraction of sp³-hybridized carbons (Fsp3) is 0.211. The van der Waals surface area contributed by atoms with Crippen LogP contribution in [0.4, 0.5) is 0 Å². The molecular weight excluding hydrogens is 304 g/mol. The van der Waals surface area contributed by atoms with E-state index in [1.165, 1.54) is 10.1 Å². The van der Waals surface area contributed by atoms with Gasteiger partial charge in [0.25, 0.3) is 0 Å². The van der Waals surface area contributed by atoms with Gasteiger partial charge in [0, 0.05) is 22.2 Å². The highest BCUT2D eigenvalue weighted by atomic mass is 32.1. The summed E-state index contributed by atoms with van der Waals surface area (Å²) < 4.78 is 1.19. The third kappa shape index (κ3) is 3.59. The largest absolute Gasteiger partial charge is 0.386 e. The van der Waals surface area contributed by atoms with E-state index in [1.54, 1.807) is 17.4 Å². The summed E-state index contributed by atoms with van der Waals surface area (Å²) in [5.74, 6) is 0. The van der Waals surface area contributed by atoms with Gasteiger partial charge in [-0.25, -0.2) is 0 Å². The third-order valence-corrected chi connectivity index (χ3v) is 5.12. The average Bonchev–Trinajstić information content (AvgIpc) is 3.03. The summed E-state index contributed by atoms with van der Waals surface area (Å²) in [7, 11) is 0. The summed E-state index contributed by atoms with van der Waals surface area (Å²) in [6.45, 7) is 2.51. The maximum Gasteiger partial charge on any atom is 0.101 e. The Bertz CT molecular complexity index is 817. The van der Waals surface area contributed by atoms with Crippen LogP contribution in [0.15, 0.2) is 54.6 Å². The zero-order valence-electron chi connectivity index (χ0n) is 12.9. The maximum absolute atomic E-state index is 10.4. The lowest BCUT2D eigenvalue weighted by Crippen LogP contribution is -2.24. The molecule has 2 N–H and O–H groups in total. The van der Waals surface area contributed by atoms with Crippen molar-refractivity contribution >= 4 is 21.4 Å². The van der Waals surface area contributed by atoms with Crippen molar-refractivity contribution in [2.24, 2.45) is 0 Å². The van der Waals surface area contributed by atoms with E-state index in [-0.39, 0.29) is 6.04 Å². The number of hydrogen-bond acceptors (Lipinski definition) is 4. The van der Waals surface area contributed by atoms with Gasteiger partial charge in [0.2, 0.25) is 0 Å². The molecule has 0 saturated carbocycles. The standard InChI is InChI=1S/C19H18N2OS/c1-13(15-7-4-5-14(9-15)11-20)21-12-17(22)19-10-16-6-2-3-8-18(16)23-19/h2-10,13,17,21-22H,12H2,1H3. The molecule has 1 heterocycles. The van der Waals surface area contributed by atoms with E-state index < -0.39 is 6.10 Å². The summed E-state index contributed by atoms with van der Waals surface area (Å²) in [5, 5.41) is 23.9. The molecule has 3 rings (SSSR count). The second-order valence-electron chi connectivity index (χ2n) is 5.57. The van der Waals surface area contributed by atoms with Crippen LogP contribution in [0, 0.1) is 11.3 Å². The number of aliphatic hydroxyl groups excluding tert-OH is 1. The van der Waals surface area contributed by atoms with Gasteiger partial charge in [-0.15, -0.1) is 11.3 Å². The van der Waals surface area contributed by atoms with Crippen molar-refractivity contribution in [3.8, 4) is 6.07 Å². The fourth-order valence-corrected chi connectivity index (χ4v) is 3.60. The van der Waals surface area contributed by atoms with E-state index in [0.717, 1.165) is 10.4 Å². The van der Waals surface area contributed by atoms with Gasteiger partial charge in [-0.1, -0.05) is 30.3 Å². The molecule has 0 aliphatic carbocycles. The van der Waals surface area contributed by atoms with Crippen molar-refractivity contribution in [3.63, 3.8) is 0 Å². The van der Waals surface area contributed by atoms with Crippen molar-refractivity contribution in [3.05, 3.63) is 70.6 Å². The van der Waals surface area contributed by atoms with Crippen LogP contribution in [0.2, 0.25) is 0 Å². The second-order valence-corrected chi connectivity index (χ2v) is 6.68. The van der Waals surface area contributed by atoms with Gasteiger partial charge in [0.1, 0.15) is 6.10 Å². The Morgan fingerprint density at radius 1 is 1.17 bits per heavy atom. The van der Waals surface area contributed by atoms with Crippen LogP contribution in [-0.2, 0) is 0 Å². The SMILES string of the molecule is CC(NCC(O)c1cc2ccccc2s1)c1cccc(C#N)c1. The van der Waals surface area contributed by atoms with Crippen LogP contribution >= 0.6 is 11.3 Å². The highest BCUT2D eigenvalue weighted by Gasteiger charge is 2.13.